The highest BCUT2D eigenvalue weighted by atomic mass is 35.5. The molecule has 5 rings (SSSR count). The summed E-state index contributed by atoms with van der Waals surface area (Å²) >= 11 is 6.86. The summed E-state index contributed by atoms with van der Waals surface area (Å²) in [7, 11) is 0.812. The van der Waals surface area contributed by atoms with E-state index in [0.29, 0.717) is 24.4 Å². The number of Topliss-reactive ketones (excluding diaryl/α,β-unsaturated/α-hetero) is 2. The van der Waals surface area contributed by atoms with Crippen LogP contribution in [-0.2, 0) is 20.4 Å². The predicted molar refractivity (Wildman–Crippen MR) is 208 cm³/mol. The molecule has 2 heterocycles. The van der Waals surface area contributed by atoms with E-state index in [9.17, 15) is 9.90 Å². The van der Waals surface area contributed by atoms with E-state index in [1.165, 1.54) is 0 Å². The van der Waals surface area contributed by atoms with Crippen molar-refractivity contribution in [2.75, 3.05) is 32.6 Å². The smallest absolute Gasteiger partial charge is 0.413 e. The average molecular weight is 789 g/mol. The molecule has 3 aliphatic carbocycles. The Bertz CT molecular complexity index is 1830. The van der Waals surface area contributed by atoms with E-state index in [1.807, 2.05) is 66.7 Å². The molecule has 1 saturated carbocycles. The third-order valence-corrected chi connectivity index (χ3v) is 15.7. The largest absolute Gasteiger partial charge is 0.507 e. The van der Waals surface area contributed by atoms with Crippen molar-refractivity contribution in [2.45, 2.75) is 129 Å². The summed E-state index contributed by atoms with van der Waals surface area (Å²) in [4.78, 5) is 50.4. The van der Waals surface area contributed by atoms with Crippen molar-refractivity contribution in [1.82, 2.24) is 15.0 Å². The normalized spacial score (nSPS) is 22.7. The average Bonchev–Trinajstić information content (AvgIpc) is 3.45. The van der Waals surface area contributed by atoms with Crippen LogP contribution in [0.1, 0.15) is 121 Å². The van der Waals surface area contributed by atoms with Crippen LogP contribution < -0.4 is 14.8 Å². The molecule has 0 aromatic carbocycles. The lowest BCUT2D eigenvalue weighted by molar-refractivity contribution is -0.140. The Balaban J connectivity index is 1.77. The molecule has 2 aromatic heterocycles. The first-order chi connectivity index (χ1) is 25.1. The number of nitrogens with one attached hydrogen (secondary N) is 1. The molecular formula is C39H57ClN4O9Si. The molecule has 54 heavy (non-hydrogen) atoms. The molecule has 13 nitrogen and oxygen atoms in total. The SMILES string of the molecule is CCCCOc1noc2c1C(=O)[C@@]1(O[Si](C)(C)C(C)(C)C)C(=O)C3=C(O)c4c(c(Cl)nc(NC(=O)OC(C)(C)C)c4OCCCC)C[C@H]3C[C@H]1[C@@H]2N(C)C. The minimum absolute atomic E-state index is 0.0244. The Hall–Kier alpha value is -3.46. The van der Waals surface area contributed by atoms with Gasteiger partial charge in [0.25, 0.3) is 5.88 Å². The first kappa shape index (κ1) is 41.7. The zero-order valence-electron chi connectivity index (χ0n) is 33.8. The van der Waals surface area contributed by atoms with Gasteiger partial charge in [0.1, 0.15) is 22.1 Å². The summed E-state index contributed by atoms with van der Waals surface area (Å²) in [5.41, 5.74) is -2.13. The van der Waals surface area contributed by atoms with Crippen LogP contribution >= 0.6 is 11.6 Å². The highest BCUT2D eigenvalue weighted by Crippen LogP contribution is 2.59. The molecule has 0 unspecified atom stereocenters. The molecule has 3 aliphatic rings. The van der Waals surface area contributed by atoms with Crippen molar-refractivity contribution >= 4 is 49.2 Å². The van der Waals surface area contributed by atoms with Crippen LogP contribution in [0, 0.1) is 11.8 Å². The van der Waals surface area contributed by atoms with Crippen LogP contribution in [0.5, 0.6) is 11.6 Å². The summed E-state index contributed by atoms with van der Waals surface area (Å²) in [6.45, 7) is 19.9. The first-order valence-electron chi connectivity index (χ1n) is 19.0. The van der Waals surface area contributed by atoms with E-state index in [4.69, 9.17) is 34.8 Å². The Kier molecular flexibility index (Phi) is 11.8. The zero-order valence-corrected chi connectivity index (χ0v) is 35.6. The van der Waals surface area contributed by atoms with Gasteiger partial charge in [-0.2, -0.15) is 0 Å². The van der Waals surface area contributed by atoms with Gasteiger partial charge in [0.2, 0.25) is 11.6 Å². The van der Waals surface area contributed by atoms with Crippen LogP contribution in [0.15, 0.2) is 10.1 Å². The fourth-order valence-corrected chi connectivity index (χ4v) is 9.09. The number of hydrogen-bond donors (Lipinski definition) is 2. The lowest BCUT2D eigenvalue weighted by Gasteiger charge is -2.55. The van der Waals surface area contributed by atoms with Gasteiger partial charge < -0.3 is 28.3 Å². The number of carbonyl (C=O) groups excluding carboxylic acids is 3. The maximum absolute atomic E-state index is 15.7. The third-order valence-electron chi connectivity index (χ3n) is 11.0. The Morgan fingerprint density at radius 2 is 1.67 bits per heavy atom. The van der Waals surface area contributed by atoms with Gasteiger partial charge in [-0.1, -0.05) is 59.1 Å². The van der Waals surface area contributed by atoms with Gasteiger partial charge in [-0.25, -0.2) is 9.78 Å². The molecule has 4 atom stereocenters. The minimum Gasteiger partial charge on any atom is -0.507 e. The van der Waals surface area contributed by atoms with Gasteiger partial charge in [-0.15, -0.1) is 0 Å². The van der Waals surface area contributed by atoms with Gasteiger partial charge in [-0.3, -0.25) is 19.8 Å². The highest BCUT2D eigenvalue weighted by molar-refractivity contribution is 6.74. The quantitative estimate of drug-likeness (QED) is 0.0912. The van der Waals surface area contributed by atoms with Crippen molar-refractivity contribution < 1.29 is 42.6 Å². The second-order valence-electron chi connectivity index (χ2n) is 17.4. The van der Waals surface area contributed by atoms with Gasteiger partial charge in [0.05, 0.1) is 24.8 Å². The number of rotatable bonds is 12. The summed E-state index contributed by atoms with van der Waals surface area (Å²) < 4.78 is 30.9. The van der Waals surface area contributed by atoms with Gasteiger partial charge >= 0.3 is 6.09 Å². The van der Waals surface area contributed by atoms with E-state index in [-0.39, 0.29) is 58.7 Å². The molecule has 0 aliphatic heterocycles. The summed E-state index contributed by atoms with van der Waals surface area (Å²) in [5, 5.41) is 18.9. The van der Waals surface area contributed by atoms with Crippen LogP contribution in [0.3, 0.4) is 0 Å². The van der Waals surface area contributed by atoms with Crippen molar-refractivity contribution in [2.24, 2.45) is 11.8 Å². The second kappa shape index (κ2) is 15.2. The number of aliphatic hydroxyl groups is 1. The van der Waals surface area contributed by atoms with E-state index in [0.717, 1.165) is 19.3 Å². The van der Waals surface area contributed by atoms with Crippen molar-refractivity contribution in [3.8, 4) is 11.6 Å². The van der Waals surface area contributed by atoms with Gasteiger partial charge in [0.15, 0.2) is 31.2 Å². The Labute approximate surface area is 324 Å². The molecule has 0 radical (unpaired) electrons. The van der Waals surface area contributed by atoms with Crippen LogP contribution in [0.2, 0.25) is 23.3 Å². The molecule has 1 fully saturated rings. The number of carbonyl (C=O) groups is 3. The van der Waals surface area contributed by atoms with Gasteiger partial charge in [-0.05, 0) is 89.8 Å². The number of halogens is 1. The lowest BCUT2D eigenvalue weighted by Crippen LogP contribution is -2.68. The Morgan fingerprint density at radius 1 is 1.04 bits per heavy atom. The van der Waals surface area contributed by atoms with E-state index in [1.54, 1.807) is 20.8 Å². The molecule has 2 N–H and O–H groups in total. The number of nitrogens with zero attached hydrogens (tertiary/aromatic N) is 3. The number of ketones is 2. The van der Waals surface area contributed by atoms with Crippen molar-refractivity contribution in [1.29, 1.82) is 0 Å². The van der Waals surface area contributed by atoms with E-state index < -0.39 is 65.9 Å². The number of amides is 1. The Morgan fingerprint density at radius 3 is 2.24 bits per heavy atom. The standard InChI is InChI=1S/C39H57ClN4O9Si/c1-13-15-17-49-30-25-22(33(40)41-34(30)42-36(48)51-37(3,4)5)19-21-20-23-27(44(9)10)29-26(35(43-52-29)50-18-16-14-2)32(47)39(23,31(46)24(21)28(25)45)53-54(11,12)38(6,7)8/h21,23,27,45H,13-20H2,1-12H3,(H,41,42,48)/t21-,23-,27-,39-/m0/s1. The van der Waals surface area contributed by atoms with Crippen molar-refractivity contribution in [3.05, 3.63) is 33.2 Å². The molecule has 0 saturated heterocycles. The van der Waals surface area contributed by atoms with E-state index >= 15 is 9.59 Å². The molecule has 2 aromatic rings. The minimum atomic E-state index is -2.92. The summed E-state index contributed by atoms with van der Waals surface area (Å²) in [5.74, 6) is -2.57. The number of fused-ring (bicyclic) bond motifs is 4. The fourth-order valence-electron chi connectivity index (χ4n) is 7.39. The number of hydrogen-bond acceptors (Lipinski definition) is 12. The predicted octanol–water partition coefficient (Wildman–Crippen LogP) is 8.72. The molecule has 0 spiro atoms. The first-order valence-corrected chi connectivity index (χ1v) is 22.3. The second-order valence-corrected chi connectivity index (χ2v) is 22.4. The fraction of sp³-hybridized carbons (Fsp3) is 0.667. The zero-order chi connectivity index (χ0) is 40.1. The molecule has 0 bridgehead atoms. The molecule has 298 valence electrons. The van der Waals surface area contributed by atoms with E-state index in [2.05, 4.69) is 15.5 Å². The summed E-state index contributed by atoms with van der Waals surface area (Å²) in [6.07, 6.45) is 2.74. The number of aromatic nitrogens is 2. The molecule has 1 amide bonds. The molecule has 15 heteroatoms. The van der Waals surface area contributed by atoms with Crippen LogP contribution in [0.4, 0.5) is 10.6 Å². The number of unbranched alkanes of at least 4 members (excludes halogenated alkanes) is 2. The monoisotopic (exact) mass is 788 g/mol. The number of pyridine rings is 1. The maximum Gasteiger partial charge on any atom is 0.413 e. The molecular weight excluding hydrogens is 732 g/mol. The van der Waals surface area contributed by atoms with Crippen molar-refractivity contribution in [3.63, 3.8) is 0 Å². The van der Waals surface area contributed by atoms with Crippen LogP contribution in [-0.4, -0.2) is 84.6 Å². The number of aliphatic hydroxyl groups excluding tert-OH is 1. The number of ether oxygens (including phenoxy) is 3. The van der Waals surface area contributed by atoms with Crippen LogP contribution in [0.25, 0.3) is 5.76 Å². The van der Waals surface area contributed by atoms with Gasteiger partial charge in [0, 0.05) is 17.1 Å². The highest BCUT2D eigenvalue weighted by Gasteiger charge is 2.69. The lowest BCUT2D eigenvalue weighted by atomic mass is 9.57. The number of anilines is 1. The third kappa shape index (κ3) is 7.43. The summed E-state index contributed by atoms with van der Waals surface area (Å²) in [6, 6.07) is -0.602. The maximum atomic E-state index is 15.7. The topological polar surface area (TPSA) is 163 Å².